The van der Waals surface area contributed by atoms with Gasteiger partial charge in [-0.3, -0.25) is 9.59 Å². The van der Waals surface area contributed by atoms with Gasteiger partial charge in [-0.05, 0) is 44.3 Å². The average molecular weight is 524 g/mol. The number of hydrogen-bond acceptors (Lipinski definition) is 9. The Labute approximate surface area is 217 Å². The number of ketones is 1. The highest BCUT2D eigenvalue weighted by Crippen LogP contribution is 2.45. The molecule has 3 N–H and O–H groups in total. The molecule has 202 valence electrons. The molecule has 1 aromatic rings. The Morgan fingerprint density at radius 1 is 1.25 bits per heavy atom. The molecular weight excluding hydrogens is 482 g/mol. The van der Waals surface area contributed by atoms with Crippen LogP contribution in [0.1, 0.15) is 84.3 Å². The van der Waals surface area contributed by atoms with E-state index in [2.05, 4.69) is 4.98 Å². The molecule has 0 aromatic carbocycles. The summed E-state index contributed by atoms with van der Waals surface area (Å²) in [5, 5.41) is 33.4. The standard InChI is InChI=1S/C27H41NO7S/c1-15-8-7-9-27(6)21(35-27)11-19(16(2)10-18-14-36-22(13-29)28-18)34-23(31)12-20(30)26(4,5)25(33)17(3)24(15)32/h10,14-15,17,19-21,24,29-30,32H,7-9,11-13H2,1-6H3/b16-10+/t15?,17-,19?,20?,21+,24+,27-/m1/s1. The van der Waals surface area contributed by atoms with Crippen molar-refractivity contribution in [2.45, 2.75) is 110 Å². The number of epoxide rings is 1. The van der Waals surface area contributed by atoms with Crippen molar-refractivity contribution >= 4 is 29.2 Å². The van der Waals surface area contributed by atoms with Gasteiger partial charge in [0.05, 0.1) is 48.0 Å². The van der Waals surface area contributed by atoms with E-state index in [1.54, 1.807) is 20.8 Å². The molecule has 2 fully saturated rings. The summed E-state index contributed by atoms with van der Waals surface area (Å²) in [4.78, 5) is 30.5. The van der Waals surface area contributed by atoms with Gasteiger partial charge < -0.3 is 24.8 Å². The average Bonchev–Trinajstić information content (AvgIpc) is 3.23. The number of aromatic nitrogens is 1. The second-order valence-corrected chi connectivity index (χ2v) is 12.2. The van der Waals surface area contributed by atoms with Gasteiger partial charge in [-0.1, -0.05) is 34.1 Å². The van der Waals surface area contributed by atoms with Crippen LogP contribution in [0.4, 0.5) is 0 Å². The van der Waals surface area contributed by atoms with E-state index < -0.39 is 35.6 Å². The van der Waals surface area contributed by atoms with Crippen molar-refractivity contribution in [1.82, 2.24) is 4.98 Å². The van der Waals surface area contributed by atoms with Crippen LogP contribution in [0.3, 0.4) is 0 Å². The van der Waals surface area contributed by atoms with E-state index in [-0.39, 0.29) is 36.4 Å². The number of fused-ring (bicyclic) bond motifs is 1. The van der Waals surface area contributed by atoms with E-state index in [1.165, 1.54) is 11.3 Å². The lowest BCUT2D eigenvalue weighted by molar-refractivity contribution is -0.154. The number of nitrogens with zero attached hydrogens (tertiary/aromatic N) is 1. The van der Waals surface area contributed by atoms with Crippen LogP contribution >= 0.6 is 11.3 Å². The highest BCUT2D eigenvalue weighted by atomic mass is 32.1. The predicted molar refractivity (Wildman–Crippen MR) is 137 cm³/mol. The molecule has 2 aliphatic rings. The first-order chi connectivity index (χ1) is 16.8. The minimum Gasteiger partial charge on any atom is -0.458 e. The van der Waals surface area contributed by atoms with Gasteiger partial charge >= 0.3 is 5.97 Å². The molecular formula is C27H41NO7S. The number of thiazole rings is 1. The van der Waals surface area contributed by atoms with Crippen molar-refractivity contribution in [3.8, 4) is 0 Å². The Balaban J connectivity index is 1.85. The molecule has 0 amide bonds. The molecule has 3 unspecified atom stereocenters. The minimum absolute atomic E-state index is 0.0860. The zero-order chi connectivity index (χ0) is 26.8. The summed E-state index contributed by atoms with van der Waals surface area (Å²) < 4.78 is 11.9. The second kappa shape index (κ2) is 11.4. The number of cyclic esters (lactones) is 1. The minimum atomic E-state index is -1.26. The van der Waals surface area contributed by atoms with Crippen molar-refractivity contribution in [3.05, 3.63) is 21.7 Å². The zero-order valence-electron chi connectivity index (χ0n) is 22.2. The lowest BCUT2D eigenvalue weighted by atomic mass is 9.73. The van der Waals surface area contributed by atoms with Gasteiger partial charge in [0.15, 0.2) is 0 Å². The number of aliphatic hydroxyl groups is 3. The summed E-state index contributed by atoms with van der Waals surface area (Å²) in [5.74, 6) is -1.64. The quantitative estimate of drug-likeness (QED) is 0.404. The highest BCUT2D eigenvalue weighted by Gasteiger charge is 2.53. The third kappa shape index (κ3) is 6.61. The molecule has 0 saturated carbocycles. The summed E-state index contributed by atoms with van der Waals surface area (Å²) in [5.41, 5.74) is -0.0964. The van der Waals surface area contributed by atoms with Crippen molar-refractivity contribution < 1.29 is 34.4 Å². The van der Waals surface area contributed by atoms with Crippen LogP contribution in [0.2, 0.25) is 0 Å². The number of carbonyl (C=O) groups is 2. The molecule has 36 heavy (non-hydrogen) atoms. The summed E-state index contributed by atoms with van der Waals surface area (Å²) in [6.07, 6.45) is 1.60. The van der Waals surface area contributed by atoms with Gasteiger partial charge in [0, 0.05) is 17.7 Å². The van der Waals surface area contributed by atoms with Crippen molar-refractivity contribution in [2.75, 3.05) is 0 Å². The highest BCUT2D eigenvalue weighted by molar-refractivity contribution is 7.09. The lowest BCUT2D eigenvalue weighted by Crippen LogP contribution is -2.45. The van der Waals surface area contributed by atoms with Gasteiger partial charge in [0.25, 0.3) is 0 Å². The molecule has 2 saturated heterocycles. The smallest absolute Gasteiger partial charge is 0.309 e. The molecule has 2 aliphatic heterocycles. The number of Topliss-reactive ketones (excluding diaryl/α,β-unsaturated/α-hetero) is 1. The Bertz CT molecular complexity index is 973. The number of rotatable bonds is 3. The topological polar surface area (TPSA) is 129 Å². The third-order valence-electron chi connectivity index (χ3n) is 8.00. The van der Waals surface area contributed by atoms with Crippen LogP contribution in [0.5, 0.6) is 0 Å². The van der Waals surface area contributed by atoms with Crippen LogP contribution in [0.25, 0.3) is 6.08 Å². The van der Waals surface area contributed by atoms with E-state index in [4.69, 9.17) is 9.47 Å². The summed E-state index contributed by atoms with van der Waals surface area (Å²) >= 11 is 1.35. The monoisotopic (exact) mass is 523 g/mol. The second-order valence-electron chi connectivity index (χ2n) is 11.3. The first kappa shape index (κ1) is 28.9. The molecule has 0 bridgehead atoms. The van der Waals surface area contributed by atoms with E-state index in [1.807, 2.05) is 32.2 Å². The predicted octanol–water partition coefficient (Wildman–Crippen LogP) is 3.66. The fourth-order valence-electron chi connectivity index (χ4n) is 5.08. The van der Waals surface area contributed by atoms with Crippen molar-refractivity contribution in [3.63, 3.8) is 0 Å². The van der Waals surface area contributed by atoms with Gasteiger partial charge in [-0.2, -0.15) is 0 Å². The van der Waals surface area contributed by atoms with Crippen LogP contribution in [0, 0.1) is 17.3 Å². The maximum absolute atomic E-state index is 13.2. The fraction of sp³-hybridized carbons (Fsp3) is 0.741. The van der Waals surface area contributed by atoms with E-state index in [0.717, 1.165) is 24.8 Å². The summed E-state index contributed by atoms with van der Waals surface area (Å²) in [6.45, 7) is 10.6. The molecule has 0 aliphatic carbocycles. The Hall–Kier alpha value is -1.65. The number of aliphatic hydroxyl groups excluding tert-OH is 3. The molecule has 3 rings (SSSR count). The largest absolute Gasteiger partial charge is 0.458 e. The lowest BCUT2D eigenvalue weighted by Gasteiger charge is -2.34. The van der Waals surface area contributed by atoms with Gasteiger partial charge in [0.1, 0.15) is 16.9 Å². The zero-order valence-corrected chi connectivity index (χ0v) is 23.0. The Kier molecular flexibility index (Phi) is 9.15. The fourth-order valence-corrected chi connectivity index (χ4v) is 5.69. The third-order valence-corrected chi connectivity index (χ3v) is 8.85. The number of hydrogen-bond donors (Lipinski definition) is 3. The van der Waals surface area contributed by atoms with Crippen LogP contribution < -0.4 is 0 Å². The molecule has 3 heterocycles. The van der Waals surface area contributed by atoms with E-state index in [0.29, 0.717) is 17.1 Å². The number of ether oxygens (including phenoxy) is 2. The van der Waals surface area contributed by atoms with Gasteiger partial charge in [-0.25, -0.2) is 4.98 Å². The Morgan fingerprint density at radius 2 is 1.94 bits per heavy atom. The first-order valence-corrected chi connectivity index (χ1v) is 13.7. The molecule has 0 radical (unpaired) electrons. The van der Waals surface area contributed by atoms with Crippen molar-refractivity contribution in [2.24, 2.45) is 17.3 Å². The molecule has 8 nitrogen and oxygen atoms in total. The normalized spacial score (nSPS) is 36.8. The van der Waals surface area contributed by atoms with Gasteiger partial charge in [-0.15, -0.1) is 11.3 Å². The van der Waals surface area contributed by atoms with E-state index >= 15 is 0 Å². The number of esters is 1. The van der Waals surface area contributed by atoms with Crippen molar-refractivity contribution in [1.29, 1.82) is 0 Å². The van der Waals surface area contributed by atoms with Crippen LogP contribution in [-0.2, 0) is 25.7 Å². The van der Waals surface area contributed by atoms with Crippen LogP contribution in [0.15, 0.2) is 11.0 Å². The molecule has 9 heteroatoms. The molecule has 1 aromatic heterocycles. The summed E-state index contributed by atoms with van der Waals surface area (Å²) in [6, 6.07) is 0. The molecule has 7 atom stereocenters. The van der Waals surface area contributed by atoms with Crippen LogP contribution in [-0.4, -0.2) is 62.1 Å². The maximum Gasteiger partial charge on any atom is 0.309 e. The SMILES string of the molecule is C/C(=C\c1csc(CO)n1)C1C[C@@H]2O[C@]2(C)CCCC(C)[C@H](O)[C@@H](C)C(=O)C(C)(C)C(O)CC(=O)O1. The maximum atomic E-state index is 13.2. The first-order valence-electron chi connectivity index (χ1n) is 12.8. The van der Waals surface area contributed by atoms with E-state index in [9.17, 15) is 24.9 Å². The summed E-state index contributed by atoms with van der Waals surface area (Å²) in [7, 11) is 0. The molecule has 0 spiro atoms. The number of carbonyl (C=O) groups excluding carboxylic acids is 2. The Morgan fingerprint density at radius 3 is 2.58 bits per heavy atom. The van der Waals surface area contributed by atoms with Gasteiger partial charge in [0.2, 0.25) is 0 Å².